The highest BCUT2D eigenvalue weighted by molar-refractivity contribution is 5.70. The third-order valence-electron chi connectivity index (χ3n) is 10.6. The Kier molecular flexibility index (Phi) is 46.9. The van der Waals surface area contributed by atoms with Crippen LogP contribution in [0, 0.1) is 0 Å². The number of allylic oxidation sites excluding steroid dienone is 10. The minimum Gasteiger partial charge on any atom is -0.462 e. The molecule has 0 aromatic heterocycles. The molecule has 0 saturated heterocycles. The Morgan fingerprint density at radius 1 is 0.397 bits per heavy atom. The number of hydrogen-bond acceptors (Lipinski definition) is 5. The second-order valence-corrected chi connectivity index (χ2v) is 16.3. The Hall–Kier alpha value is -2.40. The zero-order chi connectivity index (χ0) is 42.1. The summed E-state index contributed by atoms with van der Waals surface area (Å²) in [7, 11) is 0. The van der Waals surface area contributed by atoms with E-state index in [2.05, 4.69) is 75.5 Å². The minimum atomic E-state index is -0.563. The van der Waals surface area contributed by atoms with Crippen LogP contribution in [0.25, 0.3) is 0 Å². The van der Waals surface area contributed by atoms with Crippen molar-refractivity contribution in [3.63, 3.8) is 0 Å². The van der Waals surface area contributed by atoms with Gasteiger partial charge in [-0.05, 0) is 70.6 Å². The molecule has 58 heavy (non-hydrogen) atoms. The fraction of sp³-hybridized carbons (Fsp3) is 0.774. The first-order valence-corrected chi connectivity index (χ1v) is 24.8. The van der Waals surface area contributed by atoms with Gasteiger partial charge in [-0.25, -0.2) is 0 Å². The molecule has 0 spiro atoms. The normalized spacial score (nSPS) is 12.7. The average Bonchev–Trinajstić information content (AvgIpc) is 3.22. The smallest absolute Gasteiger partial charge is 0.306 e. The van der Waals surface area contributed by atoms with Crippen molar-refractivity contribution < 1.29 is 23.8 Å². The lowest BCUT2D eigenvalue weighted by Crippen LogP contribution is -2.30. The minimum absolute atomic E-state index is 0.0476. The summed E-state index contributed by atoms with van der Waals surface area (Å²) >= 11 is 0. The van der Waals surface area contributed by atoms with E-state index in [1.54, 1.807) is 0 Å². The quantitative estimate of drug-likeness (QED) is 0.0348. The van der Waals surface area contributed by atoms with E-state index in [1.165, 1.54) is 148 Å². The van der Waals surface area contributed by atoms with Crippen LogP contribution in [-0.4, -0.2) is 37.9 Å². The van der Waals surface area contributed by atoms with Crippen LogP contribution in [0.5, 0.6) is 0 Å². The van der Waals surface area contributed by atoms with Gasteiger partial charge in [0.25, 0.3) is 0 Å². The van der Waals surface area contributed by atoms with E-state index in [1.807, 2.05) is 6.08 Å². The molecule has 0 rings (SSSR count). The fourth-order valence-corrected chi connectivity index (χ4v) is 6.87. The molecule has 1 atom stereocenters. The largest absolute Gasteiger partial charge is 0.462 e. The number of hydrogen-bond donors (Lipinski definition) is 0. The number of esters is 2. The zero-order valence-electron chi connectivity index (χ0n) is 38.6. The monoisotopic (exact) mass is 811 g/mol. The van der Waals surface area contributed by atoms with Gasteiger partial charge in [0, 0.05) is 19.4 Å². The summed E-state index contributed by atoms with van der Waals surface area (Å²) in [6.07, 6.45) is 61.0. The molecular weight excluding hydrogens is 717 g/mol. The maximum absolute atomic E-state index is 12.7. The molecule has 5 nitrogen and oxygen atoms in total. The first kappa shape index (κ1) is 55.6. The summed E-state index contributed by atoms with van der Waals surface area (Å²) in [5, 5.41) is 0. The number of carbonyl (C=O) groups is 2. The van der Waals surface area contributed by atoms with Crippen LogP contribution in [0.4, 0.5) is 0 Å². The van der Waals surface area contributed by atoms with E-state index in [-0.39, 0.29) is 25.2 Å². The summed E-state index contributed by atoms with van der Waals surface area (Å²) in [6, 6.07) is 0. The van der Waals surface area contributed by atoms with Crippen molar-refractivity contribution >= 4 is 11.9 Å². The summed E-state index contributed by atoms with van der Waals surface area (Å²) in [6.45, 7) is 7.63. The number of carbonyl (C=O) groups excluding carboxylic acids is 2. The highest BCUT2D eigenvalue weighted by Gasteiger charge is 2.17. The molecule has 0 saturated carbocycles. The van der Waals surface area contributed by atoms with Gasteiger partial charge in [-0.2, -0.15) is 0 Å². The number of unbranched alkanes of at least 4 members (excludes halogenated alkanes) is 24. The van der Waals surface area contributed by atoms with Crippen molar-refractivity contribution in [3.05, 3.63) is 60.8 Å². The average molecular weight is 811 g/mol. The van der Waals surface area contributed by atoms with E-state index in [0.29, 0.717) is 25.9 Å². The van der Waals surface area contributed by atoms with Crippen molar-refractivity contribution in [2.45, 2.75) is 245 Å². The van der Waals surface area contributed by atoms with Crippen molar-refractivity contribution in [2.24, 2.45) is 0 Å². The summed E-state index contributed by atoms with van der Waals surface area (Å²) in [5.74, 6) is -0.488. The molecule has 0 aliphatic heterocycles. The first-order valence-electron chi connectivity index (χ1n) is 24.8. The van der Waals surface area contributed by atoms with E-state index < -0.39 is 6.10 Å². The van der Waals surface area contributed by atoms with Crippen molar-refractivity contribution in [3.8, 4) is 0 Å². The van der Waals surface area contributed by atoms with Crippen LogP contribution in [-0.2, 0) is 23.8 Å². The summed E-state index contributed by atoms with van der Waals surface area (Å²) in [5.41, 5.74) is 0. The van der Waals surface area contributed by atoms with Crippen LogP contribution >= 0.6 is 0 Å². The van der Waals surface area contributed by atoms with Gasteiger partial charge in [0.1, 0.15) is 6.61 Å². The summed E-state index contributed by atoms with van der Waals surface area (Å²) in [4.78, 5) is 25.2. The molecule has 0 aliphatic rings. The van der Waals surface area contributed by atoms with Gasteiger partial charge in [-0.1, -0.05) is 216 Å². The van der Waals surface area contributed by atoms with Gasteiger partial charge in [-0.15, -0.1) is 0 Å². The Labute approximate surface area is 360 Å². The van der Waals surface area contributed by atoms with Gasteiger partial charge in [0.15, 0.2) is 6.10 Å². The molecule has 0 aliphatic carbocycles. The second-order valence-electron chi connectivity index (χ2n) is 16.3. The van der Waals surface area contributed by atoms with E-state index in [4.69, 9.17) is 14.2 Å². The SMILES string of the molecule is CC/C=C\C/C=C\C/C=C\C/C=C\CCC(=O)OCC(COCCCCCCCCCC/C=C\CCCCCCCC)OC(=O)CCCCCCCCCCCCC. The maximum atomic E-state index is 12.7. The van der Waals surface area contributed by atoms with E-state index in [9.17, 15) is 9.59 Å². The third-order valence-corrected chi connectivity index (χ3v) is 10.6. The molecule has 0 radical (unpaired) electrons. The lowest BCUT2D eigenvalue weighted by molar-refractivity contribution is -0.162. The molecule has 0 fully saturated rings. The fourth-order valence-electron chi connectivity index (χ4n) is 6.87. The predicted molar refractivity (Wildman–Crippen MR) is 251 cm³/mol. The standard InChI is InChI=1S/C53H94O5/c1-4-7-10-13-16-19-22-24-25-26-27-28-30-33-36-39-42-45-48-56-49-51(58-53(55)47-44-41-38-35-31-21-18-15-12-9-6-3)50-57-52(54)46-43-40-37-34-32-29-23-20-17-14-11-8-5-2/h8,11,17,20,24-25,29,32,37,40,51H,4-7,9-10,12-16,18-19,21-23,26-28,30-31,33-36,38-39,41-50H2,1-3H3/b11-8-,20-17-,25-24-,32-29-,40-37-. The van der Waals surface area contributed by atoms with Crippen LogP contribution in [0.15, 0.2) is 60.8 Å². The van der Waals surface area contributed by atoms with Crippen molar-refractivity contribution in [2.75, 3.05) is 19.8 Å². The van der Waals surface area contributed by atoms with Crippen LogP contribution in [0.3, 0.4) is 0 Å². The van der Waals surface area contributed by atoms with Gasteiger partial charge in [-0.3, -0.25) is 9.59 Å². The third kappa shape index (κ3) is 46.3. The molecular formula is C53H94O5. The lowest BCUT2D eigenvalue weighted by Gasteiger charge is -2.18. The molecule has 336 valence electrons. The first-order chi connectivity index (χ1) is 28.6. The molecule has 0 amide bonds. The highest BCUT2D eigenvalue weighted by Crippen LogP contribution is 2.14. The Balaban J connectivity index is 4.29. The lowest BCUT2D eigenvalue weighted by atomic mass is 10.1. The Bertz CT molecular complexity index is 1010. The molecule has 0 bridgehead atoms. The molecule has 0 heterocycles. The van der Waals surface area contributed by atoms with Gasteiger partial charge in [0.2, 0.25) is 0 Å². The van der Waals surface area contributed by atoms with E-state index >= 15 is 0 Å². The molecule has 0 aromatic rings. The second kappa shape index (κ2) is 49.0. The van der Waals surface area contributed by atoms with Crippen LogP contribution in [0.1, 0.15) is 239 Å². The maximum Gasteiger partial charge on any atom is 0.306 e. The molecule has 0 aromatic carbocycles. The van der Waals surface area contributed by atoms with Crippen molar-refractivity contribution in [1.29, 1.82) is 0 Å². The van der Waals surface area contributed by atoms with Gasteiger partial charge >= 0.3 is 11.9 Å². The topological polar surface area (TPSA) is 61.8 Å². The molecule has 0 N–H and O–H groups in total. The Morgan fingerprint density at radius 3 is 1.31 bits per heavy atom. The van der Waals surface area contributed by atoms with Crippen LogP contribution < -0.4 is 0 Å². The summed E-state index contributed by atoms with van der Waals surface area (Å²) < 4.78 is 17.3. The van der Waals surface area contributed by atoms with Gasteiger partial charge in [0.05, 0.1) is 6.61 Å². The van der Waals surface area contributed by atoms with Gasteiger partial charge < -0.3 is 14.2 Å². The number of ether oxygens (including phenoxy) is 3. The highest BCUT2D eigenvalue weighted by atomic mass is 16.6. The van der Waals surface area contributed by atoms with Crippen molar-refractivity contribution in [1.82, 2.24) is 0 Å². The predicted octanol–water partition coefficient (Wildman–Crippen LogP) is 16.6. The number of rotatable bonds is 45. The van der Waals surface area contributed by atoms with Crippen LogP contribution in [0.2, 0.25) is 0 Å². The molecule has 5 heteroatoms. The molecule has 1 unspecified atom stereocenters. The van der Waals surface area contributed by atoms with E-state index in [0.717, 1.165) is 51.4 Å². The Morgan fingerprint density at radius 2 is 0.810 bits per heavy atom. The zero-order valence-corrected chi connectivity index (χ0v) is 38.6.